The van der Waals surface area contributed by atoms with Gasteiger partial charge >= 0.3 is 0 Å². The van der Waals surface area contributed by atoms with Gasteiger partial charge in [0.25, 0.3) is 0 Å². The van der Waals surface area contributed by atoms with Gasteiger partial charge in [-0.05, 0) is 12.8 Å². The molecule has 0 aromatic carbocycles. The van der Waals surface area contributed by atoms with Gasteiger partial charge in [-0.15, -0.1) is 0 Å². The molecule has 0 aliphatic rings. The Kier molecular flexibility index (Phi) is 16.1. The van der Waals surface area contributed by atoms with Gasteiger partial charge in [0.15, 0.2) is 0 Å². The number of carbonyl (C=O) groups is 1. The Balaban J connectivity index is 3.04. The maximum atomic E-state index is 11.3. The first kappa shape index (κ1) is 19.5. The van der Waals surface area contributed by atoms with Gasteiger partial charge in [0.2, 0.25) is 5.91 Å². The number of carbonyl (C=O) groups excluding carboxylic acids is 1. The topological polar surface area (TPSA) is 29.1 Å². The number of nitrogens with one attached hydrogen (secondary N) is 1. The Bertz CT molecular complexity index is 204. The van der Waals surface area contributed by atoms with Crippen LogP contribution in [0.25, 0.3) is 0 Å². The monoisotopic (exact) mass is 282 g/mol. The summed E-state index contributed by atoms with van der Waals surface area (Å²) in [6, 6.07) is 0. The largest absolute Gasteiger partial charge is 0.356 e. The summed E-state index contributed by atoms with van der Waals surface area (Å²) < 4.78 is 0. The van der Waals surface area contributed by atoms with Crippen molar-refractivity contribution in [1.82, 2.24) is 5.32 Å². The van der Waals surface area contributed by atoms with Crippen LogP contribution in [-0.4, -0.2) is 12.5 Å². The molecule has 1 N–H and O–H groups in total. The Morgan fingerprint density at radius 2 is 1.25 bits per heavy atom. The second-order valence-electron chi connectivity index (χ2n) is 5.84. The van der Waals surface area contributed by atoms with Crippen LogP contribution in [0.3, 0.4) is 0 Å². The van der Waals surface area contributed by atoms with Crippen molar-refractivity contribution in [1.29, 1.82) is 0 Å². The quantitative estimate of drug-likeness (QED) is 0.399. The molecule has 20 heavy (non-hydrogen) atoms. The molecular formula is C18H36NO. The molecule has 1 amide bonds. The fourth-order valence-corrected chi connectivity index (χ4v) is 2.44. The van der Waals surface area contributed by atoms with Crippen LogP contribution in [0.1, 0.15) is 96.8 Å². The standard InChI is InChI=1S/C18H36NO/c1-3-5-6-7-8-9-10-11-12-13-14-15-16-18(20)19-17-4-2/h2-17H2,1H3,(H,19,20). The lowest BCUT2D eigenvalue weighted by Crippen LogP contribution is -2.23. The Morgan fingerprint density at radius 3 is 1.70 bits per heavy atom. The highest BCUT2D eigenvalue weighted by atomic mass is 16.1. The van der Waals surface area contributed by atoms with Crippen molar-refractivity contribution in [3.63, 3.8) is 0 Å². The first-order valence-electron chi connectivity index (χ1n) is 8.87. The zero-order chi connectivity index (χ0) is 14.9. The Morgan fingerprint density at radius 1 is 0.800 bits per heavy atom. The molecule has 0 aliphatic heterocycles. The van der Waals surface area contributed by atoms with Crippen LogP contribution in [0, 0.1) is 6.92 Å². The average molecular weight is 282 g/mol. The van der Waals surface area contributed by atoms with Crippen LogP contribution in [0.15, 0.2) is 0 Å². The van der Waals surface area contributed by atoms with E-state index in [1.807, 2.05) is 0 Å². The molecule has 0 saturated carbocycles. The average Bonchev–Trinajstić information content (AvgIpc) is 2.46. The summed E-state index contributed by atoms with van der Waals surface area (Å²) in [6.07, 6.45) is 17.6. The number of amides is 1. The fourth-order valence-electron chi connectivity index (χ4n) is 2.44. The van der Waals surface area contributed by atoms with E-state index in [1.54, 1.807) is 0 Å². The summed E-state index contributed by atoms with van der Waals surface area (Å²) in [5, 5.41) is 2.87. The molecule has 1 radical (unpaired) electrons. The lowest BCUT2D eigenvalue weighted by molar-refractivity contribution is -0.121. The normalized spacial score (nSPS) is 10.7. The summed E-state index contributed by atoms with van der Waals surface area (Å²) in [5.74, 6) is 0.195. The van der Waals surface area contributed by atoms with Crippen LogP contribution in [0.2, 0.25) is 0 Å². The molecule has 0 atom stereocenters. The van der Waals surface area contributed by atoms with E-state index in [0.29, 0.717) is 6.42 Å². The Hall–Kier alpha value is -0.530. The van der Waals surface area contributed by atoms with Gasteiger partial charge in [0.1, 0.15) is 0 Å². The molecule has 119 valence electrons. The number of hydrogen-bond donors (Lipinski definition) is 1. The van der Waals surface area contributed by atoms with Crippen LogP contribution in [0.5, 0.6) is 0 Å². The first-order valence-corrected chi connectivity index (χ1v) is 8.87. The van der Waals surface area contributed by atoms with Crippen molar-refractivity contribution in [2.75, 3.05) is 6.54 Å². The predicted octanol–water partition coefficient (Wildman–Crippen LogP) is 5.42. The molecule has 0 unspecified atom stereocenters. The summed E-state index contributed by atoms with van der Waals surface area (Å²) in [4.78, 5) is 11.3. The molecule has 2 nitrogen and oxygen atoms in total. The number of rotatable bonds is 15. The highest BCUT2D eigenvalue weighted by molar-refractivity contribution is 5.75. The van der Waals surface area contributed by atoms with Gasteiger partial charge in [-0.2, -0.15) is 0 Å². The van der Waals surface area contributed by atoms with Gasteiger partial charge in [-0.25, -0.2) is 0 Å². The van der Waals surface area contributed by atoms with E-state index in [-0.39, 0.29) is 5.91 Å². The van der Waals surface area contributed by atoms with Crippen molar-refractivity contribution >= 4 is 5.91 Å². The van der Waals surface area contributed by atoms with Crippen molar-refractivity contribution in [3.8, 4) is 0 Å². The van der Waals surface area contributed by atoms with E-state index < -0.39 is 0 Å². The first-order chi connectivity index (χ1) is 9.81. The summed E-state index contributed by atoms with van der Waals surface area (Å²) in [5.41, 5.74) is 0. The molecule has 0 aliphatic carbocycles. The zero-order valence-corrected chi connectivity index (χ0v) is 13.7. The maximum absolute atomic E-state index is 11.3. The van der Waals surface area contributed by atoms with E-state index in [9.17, 15) is 4.79 Å². The Labute approximate surface area is 127 Å². The molecule has 0 rings (SSSR count). The highest BCUT2D eigenvalue weighted by Gasteiger charge is 1.99. The third-order valence-electron chi connectivity index (χ3n) is 3.76. The summed E-state index contributed by atoms with van der Waals surface area (Å²) >= 11 is 0. The second kappa shape index (κ2) is 16.5. The lowest BCUT2D eigenvalue weighted by Gasteiger charge is -2.04. The van der Waals surface area contributed by atoms with Crippen LogP contribution >= 0.6 is 0 Å². The molecule has 0 aromatic heterocycles. The molecule has 0 fully saturated rings. The van der Waals surface area contributed by atoms with E-state index in [1.165, 1.54) is 70.6 Å². The smallest absolute Gasteiger partial charge is 0.219 e. The molecule has 0 spiro atoms. The van der Waals surface area contributed by atoms with Crippen LogP contribution in [0.4, 0.5) is 0 Å². The second-order valence-corrected chi connectivity index (χ2v) is 5.84. The van der Waals surface area contributed by atoms with Gasteiger partial charge in [-0.1, -0.05) is 84.5 Å². The van der Waals surface area contributed by atoms with Gasteiger partial charge in [0.05, 0.1) is 0 Å². The minimum absolute atomic E-state index is 0.195. The molecular weight excluding hydrogens is 246 g/mol. The lowest BCUT2D eigenvalue weighted by atomic mass is 10.0. The third-order valence-corrected chi connectivity index (χ3v) is 3.76. The number of unbranched alkanes of at least 4 members (excludes halogenated alkanes) is 11. The van der Waals surface area contributed by atoms with E-state index >= 15 is 0 Å². The third kappa shape index (κ3) is 15.5. The minimum atomic E-state index is 0.195. The van der Waals surface area contributed by atoms with Crippen molar-refractivity contribution in [2.45, 2.75) is 96.8 Å². The molecule has 0 saturated heterocycles. The highest BCUT2D eigenvalue weighted by Crippen LogP contribution is 2.12. The maximum Gasteiger partial charge on any atom is 0.219 e. The fraction of sp³-hybridized carbons (Fsp3) is 0.889. The molecule has 0 bridgehead atoms. The molecule has 2 heteroatoms. The van der Waals surface area contributed by atoms with Crippen LogP contribution < -0.4 is 5.32 Å². The summed E-state index contributed by atoms with van der Waals surface area (Å²) in [6.45, 7) is 6.70. The van der Waals surface area contributed by atoms with Gasteiger partial charge < -0.3 is 5.32 Å². The number of hydrogen-bond acceptors (Lipinski definition) is 1. The minimum Gasteiger partial charge on any atom is -0.356 e. The van der Waals surface area contributed by atoms with E-state index in [4.69, 9.17) is 0 Å². The molecule has 0 heterocycles. The van der Waals surface area contributed by atoms with Gasteiger partial charge in [-0.3, -0.25) is 4.79 Å². The van der Waals surface area contributed by atoms with Crippen molar-refractivity contribution in [2.24, 2.45) is 0 Å². The molecule has 0 aromatic rings. The zero-order valence-electron chi connectivity index (χ0n) is 13.7. The van der Waals surface area contributed by atoms with E-state index in [2.05, 4.69) is 19.2 Å². The van der Waals surface area contributed by atoms with E-state index in [0.717, 1.165) is 19.4 Å². The van der Waals surface area contributed by atoms with Crippen molar-refractivity contribution in [3.05, 3.63) is 6.92 Å². The van der Waals surface area contributed by atoms with Crippen LogP contribution in [-0.2, 0) is 4.79 Å². The SMILES string of the molecule is [CH2]CCNC(=O)CCCCCCCCCCCCCC. The predicted molar refractivity (Wildman–Crippen MR) is 88.7 cm³/mol. The summed E-state index contributed by atoms with van der Waals surface area (Å²) in [7, 11) is 0. The van der Waals surface area contributed by atoms with Crippen molar-refractivity contribution < 1.29 is 4.79 Å². The van der Waals surface area contributed by atoms with Gasteiger partial charge in [0, 0.05) is 13.0 Å².